The number of hydrogen-bond donors (Lipinski definition) is 1. The first-order valence-corrected chi connectivity index (χ1v) is 7.84. The van der Waals surface area contributed by atoms with Gasteiger partial charge in [0.05, 0.1) is 24.4 Å². The van der Waals surface area contributed by atoms with E-state index in [2.05, 4.69) is 28.5 Å². The summed E-state index contributed by atoms with van der Waals surface area (Å²) in [5, 5.41) is 3.60. The van der Waals surface area contributed by atoms with Crippen LogP contribution < -0.4 is 5.32 Å². The summed E-state index contributed by atoms with van der Waals surface area (Å²) in [4.78, 5) is 16.2. The summed E-state index contributed by atoms with van der Waals surface area (Å²) in [6, 6.07) is 10.1. The van der Waals surface area contributed by atoms with E-state index >= 15 is 0 Å². The van der Waals surface area contributed by atoms with Crippen molar-refractivity contribution in [1.29, 1.82) is 0 Å². The number of nitrogens with one attached hydrogen (secondary N) is 1. The molecule has 1 aromatic carbocycles. The van der Waals surface area contributed by atoms with Gasteiger partial charge in [0, 0.05) is 18.3 Å². The van der Waals surface area contributed by atoms with E-state index in [1.807, 2.05) is 36.7 Å². The number of methoxy groups -OCH3 is 1. The Bertz CT molecular complexity index is 770. The van der Waals surface area contributed by atoms with Gasteiger partial charge in [0.15, 0.2) is 0 Å². The number of carbonyl (C=O) groups is 1. The number of allylic oxidation sites excluding steroid dienone is 2. The molecule has 1 aliphatic carbocycles. The highest BCUT2D eigenvalue weighted by Crippen LogP contribution is 2.50. The number of aromatic nitrogens is 1. The van der Waals surface area contributed by atoms with E-state index in [1.54, 1.807) is 0 Å². The summed E-state index contributed by atoms with van der Waals surface area (Å²) in [5.41, 5.74) is 3.87. The largest absolute Gasteiger partial charge is 0.465 e. The van der Waals surface area contributed by atoms with Crippen molar-refractivity contribution >= 4 is 11.7 Å². The summed E-state index contributed by atoms with van der Waals surface area (Å²) >= 11 is 0. The molecular formula is C19H18N2O2. The smallest absolute Gasteiger partial charge is 0.339 e. The third kappa shape index (κ3) is 2.22. The number of esters is 1. The van der Waals surface area contributed by atoms with Gasteiger partial charge in [0.1, 0.15) is 0 Å². The van der Waals surface area contributed by atoms with Crippen LogP contribution in [0.1, 0.15) is 39.9 Å². The van der Waals surface area contributed by atoms with Gasteiger partial charge in [-0.2, -0.15) is 0 Å². The first kappa shape index (κ1) is 14.0. The number of benzene rings is 1. The monoisotopic (exact) mass is 306 g/mol. The molecule has 4 nitrogen and oxygen atoms in total. The topological polar surface area (TPSA) is 51.2 Å². The van der Waals surface area contributed by atoms with Crippen LogP contribution in [-0.4, -0.2) is 18.1 Å². The van der Waals surface area contributed by atoms with Crippen molar-refractivity contribution in [2.45, 2.75) is 18.4 Å². The minimum Gasteiger partial charge on any atom is -0.465 e. The number of hydrogen-bond acceptors (Lipinski definition) is 4. The minimum absolute atomic E-state index is 0.163. The molecule has 0 radical (unpaired) electrons. The van der Waals surface area contributed by atoms with E-state index in [0.717, 1.165) is 12.1 Å². The van der Waals surface area contributed by atoms with E-state index in [4.69, 9.17) is 4.74 Å². The van der Waals surface area contributed by atoms with E-state index in [-0.39, 0.29) is 12.0 Å². The molecule has 1 aliphatic heterocycles. The van der Waals surface area contributed by atoms with Gasteiger partial charge < -0.3 is 10.1 Å². The maximum atomic E-state index is 12.1. The third-order valence-electron chi connectivity index (χ3n) is 4.87. The summed E-state index contributed by atoms with van der Waals surface area (Å²) in [6.07, 6.45) is 9.17. The Labute approximate surface area is 135 Å². The molecule has 0 saturated carbocycles. The van der Waals surface area contributed by atoms with Crippen molar-refractivity contribution < 1.29 is 9.53 Å². The molecule has 4 heteroatoms. The average molecular weight is 306 g/mol. The van der Waals surface area contributed by atoms with Gasteiger partial charge in [-0.1, -0.05) is 24.3 Å². The van der Waals surface area contributed by atoms with Crippen LogP contribution in [0, 0.1) is 5.92 Å². The molecule has 0 amide bonds. The lowest BCUT2D eigenvalue weighted by atomic mass is 9.76. The fraction of sp³-hybridized carbons (Fsp3) is 0.263. The highest BCUT2D eigenvalue weighted by molar-refractivity contribution is 5.97. The highest BCUT2D eigenvalue weighted by Gasteiger charge is 2.39. The minimum atomic E-state index is -0.303. The molecule has 0 fully saturated rings. The van der Waals surface area contributed by atoms with E-state index in [0.29, 0.717) is 17.4 Å². The lowest BCUT2D eigenvalue weighted by Crippen LogP contribution is -2.30. The van der Waals surface area contributed by atoms with Crippen molar-refractivity contribution in [3.8, 4) is 0 Å². The Morgan fingerprint density at radius 1 is 1.26 bits per heavy atom. The quantitative estimate of drug-likeness (QED) is 0.679. The van der Waals surface area contributed by atoms with Gasteiger partial charge in [-0.15, -0.1) is 0 Å². The van der Waals surface area contributed by atoms with Crippen LogP contribution in [-0.2, 0) is 4.74 Å². The number of carbonyl (C=O) groups excluding carboxylic acids is 1. The Hall–Kier alpha value is -2.62. The van der Waals surface area contributed by atoms with E-state index < -0.39 is 0 Å². The Balaban J connectivity index is 1.84. The molecule has 2 heterocycles. The zero-order valence-corrected chi connectivity index (χ0v) is 12.9. The fourth-order valence-corrected chi connectivity index (χ4v) is 3.80. The molecule has 0 bridgehead atoms. The van der Waals surface area contributed by atoms with Crippen LogP contribution in [0.25, 0.3) is 0 Å². The standard InChI is InChI=1S/C19H18N2O2/c1-23-19(22)16-7-3-6-15-13-4-2-5-14(13)17(21-18(15)16)12-8-10-20-11-9-12/h2-4,6-11,13-14,17,21H,5H2,1H3/t13-,14-,17-/m0/s1. The van der Waals surface area contributed by atoms with Gasteiger partial charge >= 0.3 is 5.97 Å². The Morgan fingerprint density at radius 3 is 2.87 bits per heavy atom. The van der Waals surface area contributed by atoms with Crippen LogP contribution in [0.5, 0.6) is 0 Å². The second kappa shape index (κ2) is 5.54. The number of pyridine rings is 1. The lowest BCUT2D eigenvalue weighted by Gasteiger charge is -2.38. The molecule has 2 aromatic rings. The Morgan fingerprint density at radius 2 is 2.09 bits per heavy atom. The zero-order chi connectivity index (χ0) is 15.8. The molecular weight excluding hydrogens is 288 g/mol. The van der Waals surface area contributed by atoms with Crippen LogP contribution >= 0.6 is 0 Å². The number of para-hydroxylation sites is 1. The predicted molar refractivity (Wildman–Crippen MR) is 88.4 cm³/mol. The van der Waals surface area contributed by atoms with E-state index in [9.17, 15) is 4.79 Å². The normalized spacial score (nSPS) is 24.5. The molecule has 0 unspecified atom stereocenters. The van der Waals surface area contributed by atoms with Crippen molar-refractivity contribution in [2.75, 3.05) is 12.4 Å². The van der Waals surface area contributed by atoms with Crippen molar-refractivity contribution in [3.63, 3.8) is 0 Å². The third-order valence-corrected chi connectivity index (χ3v) is 4.87. The molecule has 4 rings (SSSR count). The van der Waals surface area contributed by atoms with Crippen molar-refractivity contribution in [3.05, 3.63) is 71.6 Å². The number of rotatable bonds is 2. The van der Waals surface area contributed by atoms with Crippen LogP contribution in [0.3, 0.4) is 0 Å². The summed E-state index contributed by atoms with van der Waals surface area (Å²) in [7, 11) is 1.42. The zero-order valence-electron chi connectivity index (χ0n) is 12.9. The number of anilines is 1. The average Bonchev–Trinajstić information content (AvgIpc) is 3.10. The molecule has 0 saturated heterocycles. The number of ether oxygens (including phenoxy) is 1. The maximum absolute atomic E-state index is 12.1. The second-order valence-electron chi connectivity index (χ2n) is 6.02. The van der Waals surface area contributed by atoms with Gasteiger partial charge in [0.2, 0.25) is 0 Å². The maximum Gasteiger partial charge on any atom is 0.339 e. The molecule has 0 spiro atoms. The SMILES string of the molecule is COC(=O)c1cccc2c1N[C@@H](c1ccncc1)[C@H]1CC=C[C@H]21. The lowest BCUT2D eigenvalue weighted by molar-refractivity contribution is 0.0601. The first-order valence-electron chi connectivity index (χ1n) is 7.84. The van der Waals surface area contributed by atoms with Gasteiger partial charge in [-0.25, -0.2) is 4.79 Å². The number of fused-ring (bicyclic) bond motifs is 3. The fourth-order valence-electron chi connectivity index (χ4n) is 3.80. The van der Waals surface area contributed by atoms with Gasteiger partial charge in [-0.3, -0.25) is 4.98 Å². The predicted octanol–water partition coefficient (Wildman–Crippen LogP) is 3.69. The Kier molecular flexibility index (Phi) is 3.37. The molecule has 2 aliphatic rings. The van der Waals surface area contributed by atoms with Crippen LogP contribution in [0.4, 0.5) is 5.69 Å². The number of nitrogens with zero attached hydrogens (tertiary/aromatic N) is 1. The highest BCUT2D eigenvalue weighted by atomic mass is 16.5. The molecule has 3 atom stereocenters. The van der Waals surface area contributed by atoms with Gasteiger partial charge in [0.25, 0.3) is 0 Å². The van der Waals surface area contributed by atoms with Gasteiger partial charge in [-0.05, 0) is 41.7 Å². The summed E-state index contributed by atoms with van der Waals surface area (Å²) in [6.45, 7) is 0. The van der Waals surface area contributed by atoms with Crippen molar-refractivity contribution in [2.24, 2.45) is 5.92 Å². The summed E-state index contributed by atoms with van der Waals surface area (Å²) in [5.74, 6) is 0.482. The summed E-state index contributed by atoms with van der Waals surface area (Å²) < 4.78 is 4.95. The molecule has 1 aromatic heterocycles. The molecule has 1 N–H and O–H groups in total. The first-order chi connectivity index (χ1) is 11.3. The molecule has 116 valence electrons. The van der Waals surface area contributed by atoms with E-state index in [1.165, 1.54) is 18.2 Å². The molecule has 23 heavy (non-hydrogen) atoms. The van der Waals surface area contributed by atoms with Crippen molar-refractivity contribution in [1.82, 2.24) is 4.98 Å². The van der Waals surface area contributed by atoms with Crippen LogP contribution in [0.2, 0.25) is 0 Å². The van der Waals surface area contributed by atoms with Crippen LogP contribution in [0.15, 0.2) is 54.9 Å². The second-order valence-corrected chi connectivity index (χ2v) is 6.02.